The van der Waals surface area contributed by atoms with E-state index >= 15 is 0 Å². The van der Waals surface area contributed by atoms with E-state index in [-0.39, 0.29) is 0 Å². The van der Waals surface area contributed by atoms with Gasteiger partial charge in [-0.25, -0.2) is 0 Å². The predicted octanol–water partition coefficient (Wildman–Crippen LogP) is 3.95. The van der Waals surface area contributed by atoms with E-state index in [2.05, 4.69) is 34.7 Å². The summed E-state index contributed by atoms with van der Waals surface area (Å²) < 4.78 is 1.17. The molecule has 0 spiro atoms. The fourth-order valence-electron chi connectivity index (χ4n) is 1.77. The Balaban J connectivity index is 2.09. The van der Waals surface area contributed by atoms with Gasteiger partial charge < -0.3 is 0 Å². The van der Waals surface area contributed by atoms with Crippen molar-refractivity contribution in [2.45, 2.75) is 38.5 Å². The molecule has 11 heavy (non-hydrogen) atoms. The molecule has 0 aliphatic heterocycles. The van der Waals surface area contributed by atoms with Crippen LogP contribution in [-0.2, 0) is 0 Å². The van der Waals surface area contributed by atoms with Gasteiger partial charge in [-0.2, -0.15) is 0 Å². The summed E-state index contributed by atoms with van der Waals surface area (Å²) in [6, 6.07) is 0. The molecule has 0 N–H and O–H groups in total. The largest absolute Gasteiger partial charge is 0.0875 e. The van der Waals surface area contributed by atoms with Gasteiger partial charge in [-0.3, -0.25) is 0 Å². The van der Waals surface area contributed by atoms with Crippen molar-refractivity contribution in [3.8, 4) is 0 Å². The van der Waals surface area contributed by atoms with Crippen LogP contribution in [0, 0.1) is 5.92 Å². The molecule has 0 unspecified atom stereocenters. The zero-order chi connectivity index (χ0) is 7.94. The Hall–Kier alpha value is 0.470. The number of halogens is 1. The Bertz CT molecular complexity index is 112. The van der Waals surface area contributed by atoms with Gasteiger partial charge in [-0.15, -0.1) is 0 Å². The molecule has 0 saturated heterocycles. The van der Waals surface area contributed by atoms with E-state index in [1.165, 1.54) is 43.0 Å². The Kier molecular flexibility index (Phi) is 5.25. The van der Waals surface area contributed by atoms with Gasteiger partial charge in [0.2, 0.25) is 0 Å². The molecule has 1 rings (SSSR count). The first-order chi connectivity index (χ1) is 5.43. The maximum absolute atomic E-state index is 2.39. The van der Waals surface area contributed by atoms with Crippen molar-refractivity contribution in [1.82, 2.24) is 0 Å². The van der Waals surface area contributed by atoms with Crippen LogP contribution in [0.1, 0.15) is 38.5 Å². The lowest BCUT2D eigenvalue weighted by Gasteiger charge is -2.19. The van der Waals surface area contributed by atoms with Crippen molar-refractivity contribution in [1.29, 1.82) is 0 Å². The van der Waals surface area contributed by atoms with Crippen LogP contribution in [0.5, 0.6) is 0 Å². The third-order valence-corrected chi connectivity index (χ3v) is 2.96. The van der Waals surface area contributed by atoms with Crippen LogP contribution in [0.3, 0.4) is 0 Å². The SMILES string of the molecule is ICC=CCC1CCCCC1. The van der Waals surface area contributed by atoms with Crippen molar-refractivity contribution >= 4 is 22.6 Å². The quantitative estimate of drug-likeness (QED) is 0.411. The lowest BCUT2D eigenvalue weighted by molar-refractivity contribution is 0.361. The first-order valence-corrected chi connectivity index (χ1v) is 6.17. The minimum atomic E-state index is 1.02. The van der Waals surface area contributed by atoms with Gasteiger partial charge in [0.05, 0.1) is 0 Å². The van der Waals surface area contributed by atoms with E-state index in [1.807, 2.05) is 0 Å². The van der Waals surface area contributed by atoms with Crippen LogP contribution in [0.15, 0.2) is 12.2 Å². The van der Waals surface area contributed by atoms with Gasteiger partial charge in [0.25, 0.3) is 0 Å². The van der Waals surface area contributed by atoms with Crippen LogP contribution in [0.25, 0.3) is 0 Å². The van der Waals surface area contributed by atoms with Gasteiger partial charge in [0, 0.05) is 4.43 Å². The van der Waals surface area contributed by atoms with Gasteiger partial charge in [-0.1, -0.05) is 66.8 Å². The lowest BCUT2D eigenvalue weighted by atomic mass is 9.87. The molecule has 0 aromatic carbocycles. The molecular weight excluding hydrogens is 247 g/mol. The number of hydrogen-bond donors (Lipinski definition) is 0. The van der Waals surface area contributed by atoms with E-state index in [9.17, 15) is 0 Å². The van der Waals surface area contributed by atoms with E-state index in [0.717, 1.165) is 5.92 Å². The second-order valence-electron chi connectivity index (χ2n) is 3.37. The van der Waals surface area contributed by atoms with E-state index in [1.54, 1.807) is 0 Å². The third-order valence-electron chi connectivity index (χ3n) is 2.45. The molecule has 1 saturated carbocycles. The Morgan fingerprint density at radius 2 is 1.82 bits per heavy atom. The monoisotopic (exact) mass is 264 g/mol. The summed E-state index contributed by atoms with van der Waals surface area (Å²) >= 11 is 2.39. The standard InChI is InChI=1S/C10H17I/c11-9-5-4-8-10-6-2-1-3-7-10/h4-5,10H,1-3,6-9H2. The molecular formula is C10H17I. The summed E-state index contributed by atoms with van der Waals surface area (Å²) in [6.07, 6.45) is 13.4. The van der Waals surface area contributed by atoms with Crippen LogP contribution in [0.2, 0.25) is 0 Å². The van der Waals surface area contributed by atoms with Crippen molar-refractivity contribution in [2.24, 2.45) is 5.92 Å². The maximum atomic E-state index is 2.39. The highest BCUT2D eigenvalue weighted by Crippen LogP contribution is 2.26. The highest BCUT2D eigenvalue weighted by molar-refractivity contribution is 14.1. The molecule has 1 fully saturated rings. The molecule has 0 atom stereocenters. The number of hydrogen-bond acceptors (Lipinski definition) is 0. The molecule has 0 radical (unpaired) electrons. The smallest absolute Gasteiger partial charge is 0.0175 e. The molecule has 1 heteroatoms. The molecule has 0 aromatic rings. The van der Waals surface area contributed by atoms with Gasteiger partial charge in [0.15, 0.2) is 0 Å². The molecule has 0 aromatic heterocycles. The molecule has 0 nitrogen and oxygen atoms in total. The minimum Gasteiger partial charge on any atom is -0.0875 e. The maximum Gasteiger partial charge on any atom is 0.0175 e. The van der Waals surface area contributed by atoms with Gasteiger partial charge in [-0.05, 0) is 12.3 Å². The molecule has 0 amide bonds. The average molecular weight is 264 g/mol. The summed E-state index contributed by atoms with van der Waals surface area (Å²) in [5.41, 5.74) is 0. The number of rotatable bonds is 3. The zero-order valence-corrected chi connectivity index (χ0v) is 9.22. The average Bonchev–Trinajstić information content (AvgIpc) is 2.07. The minimum absolute atomic E-state index is 1.02. The van der Waals surface area contributed by atoms with Crippen LogP contribution in [0.4, 0.5) is 0 Å². The van der Waals surface area contributed by atoms with Gasteiger partial charge >= 0.3 is 0 Å². The normalized spacial score (nSPS) is 21.2. The number of alkyl halides is 1. The van der Waals surface area contributed by atoms with E-state index in [4.69, 9.17) is 0 Å². The fourth-order valence-corrected chi connectivity index (χ4v) is 2.13. The first kappa shape index (κ1) is 9.56. The zero-order valence-electron chi connectivity index (χ0n) is 7.06. The lowest BCUT2D eigenvalue weighted by Crippen LogP contribution is -2.04. The topological polar surface area (TPSA) is 0 Å². The summed E-state index contributed by atoms with van der Waals surface area (Å²) in [5, 5.41) is 0. The molecule has 0 heterocycles. The molecule has 1 aliphatic carbocycles. The Labute approximate surface area is 83.6 Å². The van der Waals surface area contributed by atoms with Crippen molar-refractivity contribution in [3.05, 3.63) is 12.2 Å². The Morgan fingerprint density at radius 1 is 1.09 bits per heavy atom. The first-order valence-electron chi connectivity index (χ1n) is 4.64. The van der Waals surface area contributed by atoms with Crippen molar-refractivity contribution in [2.75, 3.05) is 4.43 Å². The summed E-state index contributed by atoms with van der Waals surface area (Å²) in [6.45, 7) is 0. The molecule has 0 bridgehead atoms. The summed E-state index contributed by atoms with van der Waals surface area (Å²) in [5.74, 6) is 1.02. The number of allylic oxidation sites excluding steroid dienone is 2. The second-order valence-corrected chi connectivity index (χ2v) is 4.25. The highest BCUT2D eigenvalue weighted by Gasteiger charge is 2.10. The third kappa shape index (κ3) is 4.14. The Morgan fingerprint density at radius 3 is 2.45 bits per heavy atom. The second kappa shape index (κ2) is 6.04. The van der Waals surface area contributed by atoms with E-state index in [0.29, 0.717) is 0 Å². The predicted molar refractivity (Wildman–Crippen MR) is 59.2 cm³/mol. The molecule has 64 valence electrons. The van der Waals surface area contributed by atoms with Crippen LogP contribution >= 0.6 is 22.6 Å². The summed E-state index contributed by atoms with van der Waals surface area (Å²) in [4.78, 5) is 0. The van der Waals surface area contributed by atoms with Crippen LogP contribution < -0.4 is 0 Å². The van der Waals surface area contributed by atoms with Crippen molar-refractivity contribution in [3.63, 3.8) is 0 Å². The van der Waals surface area contributed by atoms with Gasteiger partial charge in [0.1, 0.15) is 0 Å². The van der Waals surface area contributed by atoms with Crippen molar-refractivity contribution < 1.29 is 0 Å². The van der Waals surface area contributed by atoms with Crippen LogP contribution in [-0.4, -0.2) is 4.43 Å². The van der Waals surface area contributed by atoms with E-state index < -0.39 is 0 Å². The molecule has 1 aliphatic rings. The fraction of sp³-hybridized carbons (Fsp3) is 0.800. The highest BCUT2D eigenvalue weighted by atomic mass is 127. The summed E-state index contributed by atoms with van der Waals surface area (Å²) in [7, 11) is 0.